The molecule has 7 nitrogen and oxygen atoms in total. The number of hydrogen-bond donors (Lipinski definition) is 1. The van der Waals surface area contributed by atoms with Gasteiger partial charge in [-0.1, -0.05) is 35.1 Å². The predicted octanol–water partition coefficient (Wildman–Crippen LogP) is 5.98. The lowest BCUT2D eigenvalue weighted by molar-refractivity contribution is -0.132. The van der Waals surface area contributed by atoms with Crippen LogP contribution in [-0.4, -0.2) is 35.5 Å². The second-order valence-electron chi connectivity index (χ2n) is 8.01. The minimum Gasteiger partial charge on any atom is -0.507 e. The fourth-order valence-corrected chi connectivity index (χ4v) is 5.29. The Labute approximate surface area is 216 Å². The third-order valence-electron chi connectivity index (χ3n) is 5.86. The number of nitrogens with zero attached hydrogens (tertiary/aromatic N) is 2. The third-order valence-corrected chi connectivity index (χ3v) is 7.13. The summed E-state index contributed by atoms with van der Waals surface area (Å²) in [7, 11) is 1.57. The molecule has 9 heteroatoms. The van der Waals surface area contributed by atoms with E-state index in [1.54, 1.807) is 67.8 Å². The summed E-state index contributed by atoms with van der Waals surface area (Å²) in [5.74, 6) is -0.531. The Balaban J connectivity index is 1.69. The number of ketones is 1. The summed E-state index contributed by atoms with van der Waals surface area (Å²) in [6.07, 6.45) is 0. The molecule has 1 N–H and O–H groups in total. The number of halogens is 1. The number of hydrogen-bond acceptors (Lipinski definition) is 7. The molecule has 1 aliphatic heterocycles. The largest absolute Gasteiger partial charge is 0.507 e. The molecule has 0 aliphatic carbocycles. The highest BCUT2D eigenvalue weighted by molar-refractivity contribution is 7.22. The number of carbonyl (C=O) groups is 2. The van der Waals surface area contributed by atoms with Crippen molar-refractivity contribution in [3.63, 3.8) is 0 Å². The van der Waals surface area contributed by atoms with Crippen LogP contribution in [0.3, 0.4) is 0 Å². The molecule has 0 bridgehead atoms. The number of amides is 1. The number of fused-ring (bicyclic) bond motifs is 1. The Morgan fingerprint density at radius 2 is 1.75 bits per heavy atom. The minimum absolute atomic E-state index is 0.0247. The van der Waals surface area contributed by atoms with Crippen molar-refractivity contribution < 1.29 is 24.2 Å². The number of anilines is 1. The van der Waals surface area contributed by atoms with Gasteiger partial charge in [0, 0.05) is 10.6 Å². The first-order chi connectivity index (χ1) is 17.4. The summed E-state index contributed by atoms with van der Waals surface area (Å²) in [4.78, 5) is 32.7. The molecule has 0 radical (unpaired) electrons. The lowest BCUT2D eigenvalue weighted by Crippen LogP contribution is -2.29. The van der Waals surface area contributed by atoms with E-state index in [0.717, 1.165) is 4.70 Å². The van der Waals surface area contributed by atoms with Crippen LogP contribution >= 0.6 is 22.9 Å². The van der Waals surface area contributed by atoms with Crippen LogP contribution in [0.2, 0.25) is 5.02 Å². The Hall–Kier alpha value is -3.88. The first-order valence-corrected chi connectivity index (χ1v) is 12.3. The molecule has 1 atom stereocenters. The lowest BCUT2D eigenvalue weighted by atomic mass is 9.95. The second kappa shape index (κ2) is 9.64. The van der Waals surface area contributed by atoms with Gasteiger partial charge < -0.3 is 14.6 Å². The van der Waals surface area contributed by atoms with Crippen molar-refractivity contribution in [3.05, 3.63) is 88.5 Å². The van der Waals surface area contributed by atoms with Crippen molar-refractivity contribution in [3.8, 4) is 11.5 Å². The molecule has 1 aliphatic rings. The van der Waals surface area contributed by atoms with Crippen molar-refractivity contribution in [1.82, 2.24) is 4.98 Å². The van der Waals surface area contributed by atoms with Gasteiger partial charge in [-0.2, -0.15) is 0 Å². The standard InChI is InChI=1S/C27H21ClN2O5S/c1-3-35-18-10-6-15(7-11-18)23-22(24(31)16-4-8-17(28)9-5-16)25(32)26(33)30(23)27-29-20-13-12-19(34-2)14-21(20)36-27/h4-14,23,31H,3H2,1-2H3/b24-22+/t23-/m1/s1. The van der Waals surface area contributed by atoms with E-state index in [4.69, 9.17) is 21.1 Å². The van der Waals surface area contributed by atoms with Gasteiger partial charge in [0.15, 0.2) is 5.13 Å². The summed E-state index contributed by atoms with van der Waals surface area (Å²) in [5, 5.41) is 12.0. The number of methoxy groups -OCH3 is 1. The summed E-state index contributed by atoms with van der Waals surface area (Å²) in [6, 6.07) is 18.0. The van der Waals surface area contributed by atoms with Gasteiger partial charge in [-0.15, -0.1) is 0 Å². The molecule has 4 aromatic rings. The van der Waals surface area contributed by atoms with E-state index < -0.39 is 17.7 Å². The van der Waals surface area contributed by atoms with Gasteiger partial charge in [0.2, 0.25) is 0 Å². The molecule has 36 heavy (non-hydrogen) atoms. The third kappa shape index (κ3) is 4.19. The lowest BCUT2D eigenvalue weighted by Gasteiger charge is -2.23. The number of aromatic nitrogens is 1. The molecule has 1 amide bonds. The van der Waals surface area contributed by atoms with Gasteiger partial charge in [0.25, 0.3) is 5.78 Å². The molecule has 182 valence electrons. The number of aliphatic hydroxyl groups excluding tert-OH is 1. The van der Waals surface area contributed by atoms with Crippen molar-refractivity contribution in [2.45, 2.75) is 13.0 Å². The maximum atomic E-state index is 13.4. The van der Waals surface area contributed by atoms with Gasteiger partial charge in [0.05, 0.1) is 35.5 Å². The van der Waals surface area contributed by atoms with Gasteiger partial charge in [-0.3, -0.25) is 14.5 Å². The molecule has 1 aromatic heterocycles. The fourth-order valence-electron chi connectivity index (χ4n) is 4.14. The quantitative estimate of drug-likeness (QED) is 0.191. The SMILES string of the molecule is CCOc1ccc([C@@H]2/C(=C(\O)c3ccc(Cl)cc3)C(=O)C(=O)N2c2nc3ccc(OC)cc3s2)cc1. The highest BCUT2D eigenvalue weighted by Gasteiger charge is 2.48. The van der Waals surface area contributed by atoms with Gasteiger partial charge in [-0.25, -0.2) is 4.98 Å². The number of carbonyl (C=O) groups excluding carboxylic acids is 2. The minimum atomic E-state index is -0.890. The first-order valence-electron chi connectivity index (χ1n) is 11.2. The molecule has 3 aromatic carbocycles. The highest BCUT2D eigenvalue weighted by atomic mass is 35.5. The number of Topliss-reactive ketones (excluding diaryl/α,β-unsaturated/α-hetero) is 1. The zero-order valence-corrected chi connectivity index (χ0v) is 21.0. The van der Waals surface area contributed by atoms with Crippen LogP contribution in [0.4, 0.5) is 5.13 Å². The number of benzene rings is 3. The Morgan fingerprint density at radius 3 is 2.42 bits per heavy atom. The fraction of sp³-hybridized carbons (Fsp3) is 0.148. The molecule has 1 saturated heterocycles. The molecule has 0 saturated carbocycles. The number of ether oxygens (including phenoxy) is 2. The van der Waals surface area contributed by atoms with Crippen molar-refractivity contribution >= 4 is 55.7 Å². The summed E-state index contributed by atoms with van der Waals surface area (Å²) < 4.78 is 11.7. The molecular weight excluding hydrogens is 500 g/mol. The molecule has 0 unspecified atom stereocenters. The average Bonchev–Trinajstić information content (AvgIpc) is 3.42. The van der Waals surface area contributed by atoms with Crippen LogP contribution in [-0.2, 0) is 9.59 Å². The highest BCUT2D eigenvalue weighted by Crippen LogP contribution is 2.45. The predicted molar refractivity (Wildman–Crippen MR) is 140 cm³/mol. The first kappa shape index (κ1) is 23.8. The molecule has 1 fully saturated rings. The zero-order chi connectivity index (χ0) is 25.4. The number of thiazole rings is 1. The summed E-state index contributed by atoms with van der Waals surface area (Å²) >= 11 is 7.27. The summed E-state index contributed by atoms with van der Waals surface area (Å²) in [5.41, 5.74) is 1.65. The monoisotopic (exact) mass is 520 g/mol. The van der Waals surface area contributed by atoms with E-state index in [1.807, 2.05) is 13.0 Å². The van der Waals surface area contributed by atoms with Crippen LogP contribution in [0.5, 0.6) is 11.5 Å². The van der Waals surface area contributed by atoms with E-state index in [2.05, 4.69) is 4.98 Å². The Kier molecular flexibility index (Phi) is 6.38. The van der Waals surface area contributed by atoms with Crippen LogP contribution in [0.25, 0.3) is 16.0 Å². The maximum Gasteiger partial charge on any atom is 0.301 e. The molecule has 2 heterocycles. The van der Waals surface area contributed by atoms with E-state index in [1.165, 1.54) is 16.2 Å². The average molecular weight is 521 g/mol. The van der Waals surface area contributed by atoms with Gasteiger partial charge in [0.1, 0.15) is 17.3 Å². The van der Waals surface area contributed by atoms with Crippen LogP contribution in [0, 0.1) is 0 Å². The maximum absolute atomic E-state index is 13.4. The van der Waals surface area contributed by atoms with Crippen molar-refractivity contribution in [2.75, 3.05) is 18.6 Å². The number of rotatable bonds is 6. The van der Waals surface area contributed by atoms with E-state index in [9.17, 15) is 14.7 Å². The van der Waals surface area contributed by atoms with Gasteiger partial charge in [-0.05, 0) is 67.1 Å². The van der Waals surface area contributed by atoms with E-state index in [0.29, 0.717) is 44.9 Å². The number of aliphatic hydroxyl groups is 1. The van der Waals surface area contributed by atoms with Crippen molar-refractivity contribution in [2.24, 2.45) is 0 Å². The summed E-state index contributed by atoms with van der Waals surface area (Å²) in [6.45, 7) is 2.39. The Morgan fingerprint density at radius 1 is 1.06 bits per heavy atom. The zero-order valence-electron chi connectivity index (χ0n) is 19.4. The molecule has 0 spiro atoms. The van der Waals surface area contributed by atoms with Crippen LogP contribution in [0.15, 0.2) is 72.3 Å². The Bertz CT molecular complexity index is 1500. The van der Waals surface area contributed by atoms with Crippen LogP contribution in [0.1, 0.15) is 24.1 Å². The van der Waals surface area contributed by atoms with E-state index >= 15 is 0 Å². The van der Waals surface area contributed by atoms with E-state index in [-0.39, 0.29) is 11.3 Å². The topological polar surface area (TPSA) is 89.0 Å². The smallest absolute Gasteiger partial charge is 0.301 e. The molecule has 5 rings (SSSR count). The van der Waals surface area contributed by atoms with Gasteiger partial charge >= 0.3 is 5.91 Å². The molecular formula is C27H21ClN2O5S. The van der Waals surface area contributed by atoms with Crippen molar-refractivity contribution in [1.29, 1.82) is 0 Å². The normalized spacial score (nSPS) is 17.1. The second-order valence-corrected chi connectivity index (χ2v) is 9.45. The van der Waals surface area contributed by atoms with Crippen LogP contribution < -0.4 is 14.4 Å².